The molecule has 0 fully saturated rings. The zero-order valence-corrected chi connectivity index (χ0v) is 11.3. The van der Waals surface area contributed by atoms with E-state index in [1.165, 1.54) is 12.1 Å². The number of hydrogen-bond acceptors (Lipinski definition) is 3. The molecule has 0 spiro atoms. The number of carbonyl (C=O) groups excluding carboxylic acids is 2. The quantitative estimate of drug-likeness (QED) is 0.646. The van der Waals surface area contributed by atoms with Gasteiger partial charge in [0.25, 0.3) is 5.91 Å². The highest BCUT2D eigenvalue weighted by Gasteiger charge is 2.11. The second-order valence-electron chi connectivity index (χ2n) is 3.79. The summed E-state index contributed by atoms with van der Waals surface area (Å²) < 4.78 is 18.1. The van der Waals surface area contributed by atoms with Crippen molar-refractivity contribution in [3.05, 3.63) is 34.6 Å². The van der Waals surface area contributed by atoms with Crippen LogP contribution in [0.3, 0.4) is 0 Å². The summed E-state index contributed by atoms with van der Waals surface area (Å²) in [7, 11) is 0. The summed E-state index contributed by atoms with van der Waals surface area (Å²) in [5.74, 6) is -1.50. The average molecular weight is 288 g/mol. The van der Waals surface area contributed by atoms with Crippen LogP contribution < -0.4 is 5.32 Å². The van der Waals surface area contributed by atoms with Crippen LogP contribution in [0.15, 0.2) is 18.2 Å². The molecule has 0 aliphatic carbocycles. The van der Waals surface area contributed by atoms with Crippen molar-refractivity contribution in [2.24, 2.45) is 0 Å². The standard InChI is InChI=1S/C13H15ClFNO3/c1-2-19-12(17)4-3-7-16-13(18)10-8-9(14)5-6-11(10)15/h5-6,8H,2-4,7H2,1H3,(H,16,18). The monoisotopic (exact) mass is 287 g/mol. The Morgan fingerprint density at radius 1 is 1.42 bits per heavy atom. The lowest BCUT2D eigenvalue weighted by molar-refractivity contribution is -0.143. The van der Waals surface area contributed by atoms with E-state index in [4.69, 9.17) is 16.3 Å². The third kappa shape index (κ3) is 5.26. The van der Waals surface area contributed by atoms with E-state index in [0.717, 1.165) is 6.07 Å². The van der Waals surface area contributed by atoms with Gasteiger partial charge in [-0.1, -0.05) is 11.6 Å². The maximum atomic E-state index is 13.4. The topological polar surface area (TPSA) is 55.4 Å². The highest BCUT2D eigenvalue weighted by Crippen LogP contribution is 2.14. The molecule has 1 rings (SSSR count). The Labute approximate surface area is 115 Å². The lowest BCUT2D eigenvalue weighted by atomic mass is 10.2. The normalized spacial score (nSPS) is 10.1. The van der Waals surface area contributed by atoms with Crippen LogP contribution in [0.2, 0.25) is 5.02 Å². The molecule has 0 saturated heterocycles. The average Bonchev–Trinajstić information content (AvgIpc) is 2.37. The highest BCUT2D eigenvalue weighted by atomic mass is 35.5. The minimum Gasteiger partial charge on any atom is -0.466 e. The molecule has 0 saturated carbocycles. The molecule has 4 nitrogen and oxygen atoms in total. The molecule has 19 heavy (non-hydrogen) atoms. The molecule has 0 radical (unpaired) electrons. The molecule has 1 N–H and O–H groups in total. The largest absolute Gasteiger partial charge is 0.466 e. The molecule has 1 aromatic carbocycles. The first-order valence-electron chi connectivity index (χ1n) is 5.93. The van der Waals surface area contributed by atoms with Gasteiger partial charge in [0, 0.05) is 18.0 Å². The van der Waals surface area contributed by atoms with Gasteiger partial charge in [-0.25, -0.2) is 4.39 Å². The van der Waals surface area contributed by atoms with E-state index in [0.29, 0.717) is 13.0 Å². The van der Waals surface area contributed by atoms with Gasteiger partial charge in [-0.2, -0.15) is 0 Å². The minimum atomic E-state index is -0.632. The van der Waals surface area contributed by atoms with Crippen molar-refractivity contribution in [3.8, 4) is 0 Å². The number of hydrogen-bond donors (Lipinski definition) is 1. The first kappa shape index (κ1) is 15.4. The van der Waals surface area contributed by atoms with Crippen LogP contribution in [0.25, 0.3) is 0 Å². The maximum Gasteiger partial charge on any atom is 0.305 e. The number of carbonyl (C=O) groups is 2. The fourth-order valence-corrected chi connectivity index (χ4v) is 1.61. The van der Waals surface area contributed by atoms with E-state index in [9.17, 15) is 14.0 Å². The molecule has 0 aromatic heterocycles. The Morgan fingerprint density at radius 3 is 2.84 bits per heavy atom. The lowest BCUT2D eigenvalue weighted by Gasteiger charge is -2.06. The van der Waals surface area contributed by atoms with Crippen LogP contribution >= 0.6 is 11.6 Å². The number of ether oxygens (including phenoxy) is 1. The summed E-state index contributed by atoms with van der Waals surface area (Å²) in [6.45, 7) is 2.32. The number of esters is 1. The zero-order valence-electron chi connectivity index (χ0n) is 10.5. The van der Waals surface area contributed by atoms with Gasteiger partial charge in [-0.05, 0) is 31.5 Å². The van der Waals surface area contributed by atoms with E-state index < -0.39 is 11.7 Å². The predicted octanol–water partition coefficient (Wildman–Crippen LogP) is 2.55. The van der Waals surface area contributed by atoms with E-state index in [2.05, 4.69) is 5.32 Å². The zero-order chi connectivity index (χ0) is 14.3. The van der Waals surface area contributed by atoms with Crippen molar-refractivity contribution in [2.75, 3.05) is 13.2 Å². The summed E-state index contributed by atoms with van der Waals surface area (Å²) in [4.78, 5) is 22.7. The third-order valence-corrected chi connectivity index (χ3v) is 2.56. The summed E-state index contributed by atoms with van der Waals surface area (Å²) >= 11 is 5.69. The molecule has 0 heterocycles. The highest BCUT2D eigenvalue weighted by molar-refractivity contribution is 6.30. The lowest BCUT2D eigenvalue weighted by Crippen LogP contribution is -2.26. The Bertz CT molecular complexity index is 465. The minimum absolute atomic E-state index is 0.108. The summed E-state index contributed by atoms with van der Waals surface area (Å²) in [6.07, 6.45) is 0.652. The number of benzene rings is 1. The van der Waals surface area contributed by atoms with Crippen LogP contribution in [0, 0.1) is 5.82 Å². The second-order valence-corrected chi connectivity index (χ2v) is 4.23. The molecule has 0 atom stereocenters. The fourth-order valence-electron chi connectivity index (χ4n) is 1.43. The van der Waals surface area contributed by atoms with Crippen molar-refractivity contribution >= 4 is 23.5 Å². The molecule has 0 aliphatic rings. The first-order chi connectivity index (χ1) is 9.04. The summed E-state index contributed by atoms with van der Waals surface area (Å²) in [5, 5.41) is 2.81. The molecule has 104 valence electrons. The third-order valence-electron chi connectivity index (χ3n) is 2.32. The van der Waals surface area contributed by atoms with Crippen LogP contribution in [0.5, 0.6) is 0 Å². The Hall–Kier alpha value is -1.62. The number of amides is 1. The van der Waals surface area contributed by atoms with Gasteiger partial charge in [0.2, 0.25) is 0 Å². The smallest absolute Gasteiger partial charge is 0.305 e. The van der Waals surface area contributed by atoms with Crippen LogP contribution in [0.1, 0.15) is 30.1 Å². The second kappa shape index (κ2) is 7.74. The van der Waals surface area contributed by atoms with Gasteiger partial charge in [0.15, 0.2) is 0 Å². The van der Waals surface area contributed by atoms with E-state index in [1.807, 2.05) is 0 Å². The molecule has 6 heteroatoms. The van der Waals surface area contributed by atoms with Crippen LogP contribution in [0.4, 0.5) is 4.39 Å². The van der Waals surface area contributed by atoms with Crippen molar-refractivity contribution in [1.82, 2.24) is 5.32 Å². The van der Waals surface area contributed by atoms with Gasteiger partial charge in [-0.15, -0.1) is 0 Å². The van der Waals surface area contributed by atoms with Crippen molar-refractivity contribution in [3.63, 3.8) is 0 Å². The van der Waals surface area contributed by atoms with Crippen LogP contribution in [-0.4, -0.2) is 25.0 Å². The Morgan fingerprint density at radius 2 is 2.16 bits per heavy atom. The first-order valence-corrected chi connectivity index (χ1v) is 6.31. The van der Waals surface area contributed by atoms with Crippen LogP contribution in [-0.2, 0) is 9.53 Å². The Kier molecular flexibility index (Phi) is 6.29. The molecule has 0 aliphatic heterocycles. The fraction of sp³-hybridized carbons (Fsp3) is 0.385. The molecule has 0 bridgehead atoms. The number of halogens is 2. The Balaban J connectivity index is 2.39. The number of nitrogens with one attached hydrogen (secondary N) is 1. The van der Waals surface area contributed by atoms with Gasteiger partial charge < -0.3 is 10.1 Å². The molecular weight excluding hydrogens is 273 g/mol. The SMILES string of the molecule is CCOC(=O)CCCNC(=O)c1cc(Cl)ccc1F. The maximum absolute atomic E-state index is 13.4. The van der Waals surface area contributed by atoms with E-state index in [-0.39, 0.29) is 29.5 Å². The molecular formula is C13H15ClFNO3. The van der Waals surface area contributed by atoms with Gasteiger partial charge in [0.1, 0.15) is 5.82 Å². The van der Waals surface area contributed by atoms with Crippen molar-refractivity contribution < 1.29 is 18.7 Å². The summed E-state index contributed by atoms with van der Waals surface area (Å²) in [5.41, 5.74) is -0.108. The van der Waals surface area contributed by atoms with E-state index in [1.54, 1.807) is 6.92 Å². The number of rotatable bonds is 6. The van der Waals surface area contributed by atoms with Gasteiger partial charge in [0.05, 0.1) is 12.2 Å². The summed E-state index contributed by atoms with van der Waals surface area (Å²) in [6, 6.07) is 3.77. The molecule has 1 aromatic rings. The van der Waals surface area contributed by atoms with Gasteiger partial charge in [-0.3, -0.25) is 9.59 Å². The molecule has 0 unspecified atom stereocenters. The molecule has 1 amide bonds. The van der Waals surface area contributed by atoms with Crippen molar-refractivity contribution in [1.29, 1.82) is 0 Å². The van der Waals surface area contributed by atoms with Gasteiger partial charge >= 0.3 is 5.97 Å². The van der Waals surface area contributed by atoms with E-state index >= 15 is 0 Å². The van der Waals surface area contributed by atoms with Crippen molar-refractivity contribution in [2.45, 2.75) is 19.8 Å². The predicted molar refractivity (Wildman–Crippen MR) is 69.6 cm³/mol.